The molecule has 0 aliphatic rings. The van der Waals surface area contributed by atoms with Gasteiger partial charge in [0.15, 0.2) is 0 Å². The number of aromatic carboxylic acids is 1. The molecule has 0 saturated carbocycles. The van der Waals surface area contributed by atoms with E-state index in [1.54, 1.807) is 42.5 Å². The second-order valence-corrected chi connectivity index (χ2v) is 3.91. The minimum absolute atomic E-state index is 0.209. The van der Waals surface area contributed by atoms with Crippen molar-refractivity contribution in [3.63, 3.8) is 0 Å². The van der Waals surface area contributed by atoms with Gasteiger partial charge in [-0.05, 0) is 29.8 Å². The van der Waals surface area contributed by atoms with E-state index >= 15 is 0 Å². The summed E-state index contributed by atoms with van der Waals surface area (Å²) in [4.78, 5) is 10.7. The molecule has 0 heterocycles. The molecule has 0 aromatic heterocycles. The van der Waals surface area contributed by atoms with E-state index in [1.165, 1.54) is 0 Å². The number of hydrogen-bond donors (Lipinski definition) is 3. The number of carboxylic acids is 1. The van der Waals surface area contributed by atoms with Crippen LogP contribution in [-0.2, 0) is 6.54 Å². The lowest BCUT2D eigenvalue weighted by molar-refractivity contribution is 0.0697. The van der Waals surface area contributed by atoms with Crippen molar-refractivity contribution in [3.8, 4) is 5.75 Å². The highest BCUT2D eigenvalue weighted by Crippen LogP contribution is 2.16. The predicted octanol–water partition coefficient (Wildman–Crippen LogP) is 2.70. The van der Waals surface area contributed by atoms with Crippen LogP contribution in [0.4, 0.5) is 5.69 Å². The molecular formula is C14H13NO3. The molecule has 2 rings (SSSR count). The van der Waals surface area contributed by atoms with Crippen LogP contribution >= 0.6 is 0 Å². The first-order valence-electron chi connectivity index (χ1n) is 5.50. The molecule has 0 aliphatic carbocycles. The summed E-state index contributed by atoms with van der Waals surface area (Å²) in [7, 11) is 0. The summed E-state index contributed by atoms with van der Waals surface area (Å²) in [5.41, 5.74) is 2.07. The van der Waals surface area contributed by atoms with E-state index in [1.807, 2.05) is 6.07 Å². The van der Waals surface area contributed by atoms with Gasteiger partial charge in [-0.3, -0.25) is 0 Å². The Balaban J connectivity index is 2.00. The Kier molecular flexibility index (Phi) is 3.48. The molecule has 4 heteroatoms. The number of benzene rings is 2. The van der Waals surface area contributed by atoms with Gasteiger partial charge in [0, 0.05) is 18.3 Å². The second kappa shape index (κ2) is 5.23. The van der Waals surface area contributed by atoms with E-state index in [9.17, 15) is 9.90 Å². The van der Waals surface area contributed by atoms with E-state index in [0.717, 1.165) is 11.3 Å². The van der Waals surface area contributed by atoms with Crippen molar-refractivity contribution < 1.29 is 15.0 Å². The number of carbonyl (C=O) groups is 1. The van der Waals surface area contributed by atoms with E-state index in [0.29, 0.717) is 6.54 Å². The van der Waals surface area contributed by atoms with Crippen LogP contribution in [0.5, 0.6) is 5.75 Å². The van der Waals surface area contributed by atoms with E-state index < -0.39 is 5.97 Å². The highest BCUT2D eigenvalue weighted by atomic mass is 16.4. The maximum atomic E-state index is 10.7. The summed E-state index contributed by atoms with van der Waals surface area (Å²) in [5, 5.41) is 21.2. The Morgan fingerprint density at radius 3 is 2.44 bits per heavy atom. The summed E-state index contributed by atoms with van der Waals surface area (Å²) in [6.07, 6.45) is 0. The zero-order valence-electron chi connectivity index (χ0n) is 9.63. The molecule has 0 saturated heterocycles. The summed E-state index contributed by atoms with van der Waals surface area (Å²) in [6, 6.07) is 13.5. The quantitative estimate of drug-likeness (QED) is 0.772. The van der Waals surface area contributed by atoms with E-state index in [4.69, 9.17) is 5.11 Å². The third-order valence-corrected chi connectivity index (χ3v) is 2.54. The van der Waals surface area contributed by atoms with Gasteiger partial charge in [-0.25, -0.2) is 4.79 Å². The SMILES string of the molecule is O=C(O)c1ccc(CNc2cccc(O)c2)cc1. The predicted molar refractivity (Wildman–Crippen MR) is 68.8 cm³/mol. The molecule has 0 bridgehead atoms. The third-order valence-electron chi connectivity index (χ3n) is 2.54. The Morgan fingerprint density at radius 1 is 1.11 bits per heavy atom. The summed E-state index contributed by atoms with van der Waals surface area (Å²) < 4.78 is 0. The number of aromatic hydroxyl groups is 1. The van der Waals surface area contributed by atoms with Crippen molar-refractivity contribution in [2.75, 3.05) is 5.32 Å². The molecule has 0 fully saturated rings. The Hall–Kier alpha value is -2.49. The van der Waals surface area contributed by atoms with Crippen LogP contribution in [-0.4, -0.2) is 16.2 Å². The fraction of sp³-hybridized carbons (Fsp3) is 0.0714. The van der Waals surface area contributed by atoms with Gasteiger partial charge in [0.25, 0.3) is 0 Å². The maximum Gasteiger partial charge on any atom is 0.335 e. The number of phenols is 1. The monoisotopic (exact) mass is 243 g/mol. The van der Waals surface area contributed by atoms with Crippen molar-refractivity contribution in [3.05, 3.63) is 59.7 Å². The van der Waals surface area contributed by atoms with Gasteiger partial charge in [-0.2, -0.15) is 0 Å². The number of phenolic OH excluding ortho intramolecular Hbond substituents is 1. The molecule has 0 amide bonds. The number of rotatable bonds is 4. The molecule has 0 aliphatic heterocycles. The molecule has 0 atom stereocenters. The standard InChI is InChI=1S/C14H13NO3/c16-13-3-1-2-12(8-13)15-9-10-4-6-11(7-5-10)14(17)18/h1-8,15-16H,9H2,(H,17,18). The van der Waals surface area contributed by atoms with Gasteiger partial charge in [-0.1, -0.05) is 18.2 Å². The van der Waals surface area contributed by atoms with Gasteiger partial charge in [0.2, 0.25) is 0 Å². The Bertz CT molecular complexity index is 549. The van der Waals surface area contributed by atoms with Crippen LogP contribution in [0.1, 0.15) is 15.9 Å². The van der Waals surface area contributed by atoms with Crippen molar-refractivity contribution in [1.82, 2.24) is 0 Å². The van der Waals surface area contributed by atoms with Crippen LogP contribution in [0.15, 0.2) is 48.5 Å². The zero-order valence-corrected chi connectivity index (χ0v) is 9.63. The van der Waals surface area contributed by atoms with Crippen LogP contribution in [0.25, 0.3) is 0 Å². The van der Waals surface area contributed by atoms with Crippen molar-refractivity contribution in [1.29, 1.82) is 0 Å². The lowest BCUT2D eigenvalue weighted by Crippen LogP contribution is -2.00. The highest BCUT2D eigenvalue weighted by molar-refractivity contribution is 5.87. The third kappa shape index (κ3) is 3.01. The first kappa shape index (κ1) is 12.0. The Morgan fingerprint density at radius 2 is 1.83 bits per heavy atom. The maximum absolute atomic E-state index is 10.7. The molecule has 2 aromatic carbocycles. The average molecular weight is 243 g/mol. The molecule has 0 spiro atoms. The first-order chi connectivity index (χ1) is 8.65. The van der Waals surface area contributed by atoms with Gasteiger partial charge < -0.3 is 15.5 Å². The van der Waals surface area contributed by atoms with Crippen LogP contribution in [0.2, 0.25) is 0 Å². The largest absolute Gasteiger partial charge is 0.508 e. The first-order valence-corrected chi connectivity index (χ1v) is 5.50. The van der Waals surface area contributed by atoms with E-state index in [-0.39, 0.29) is 11.3 Å². The molecule has 2 aromatic rings. The lowest BCUT2D eigenvalue weighted by atomic mass is 10.1. The summed E-state index contributed by atoms with van der Waals surface area (Å²) >= 11 is 0. The molecule has 4 nitrogen and oxygen atoms in total. The highest BCUT2D eigenvalue weighted by Gasteiger charge is 2.01. The smallest absolute Gasteiger partial charge is 0.335 e. The molecule has 3 N–H and O–H groups in total. The Labute approximate surface area is 105 Å². The number of anilines is 1. The minimum atomic E-state index is -0.928. The molecule has 18 heavy (non-hydrogen) atoms. The fourth-order valence-corrected chi connectivity index (χ4v) is 1.59. The zero-order chi connectivity index (χ0) is 13.0. The minimum Gasteiger partial charge on any atom is -0.508 e. The van der Waals surface area contributed by atoms with Gasteiger partial charge >= 0.3 is 5.97 Å². The molecular weight excluding hydrogens is 230 g/mol. The van der Waals surface area contributed by atoms with Gasteiger partial charge in [-0.15, -0.1) is 0 Å². The van der Waals surface area contributed by atoms with Crippen LogP contribution in [0.3, 0.4) is 0 Å². The fourth-order valence-electron chi connectivity index (χ4n) is 1.59. The van der Waals surface area contributed by atoms with Crippen LogP contribution in [0, 0.1) is 0 Å². The van der Waals surface area contributed by atoms with Crippen molar-refractivity contribution in [2.24, 2.45) is 0 Å². The number of carboxylic acid groups (broad SMARTS) is 1. The molecule has 92 valence electrons. The molecule has 0 unspecified atom stereocenters. The van der Waals surface area contributed by atoms with Gasteiger partial charge in [0.05, 0.1) is 5.56 Å². The summed E-state index contributed by atoms with van der Waals surface area (Å²) in [5.74, 6) is -0.719. The normalized spacial score (nSPS) is 10.0. The number of nitrogens with one attached hydrogen (secondary N) is 1. The average Bonchev–Trinajstić information content (AvgIpc) is 2.37. The van der Waals surface area contributed by atoms with E-state index in [2.05, 4.69) is 5.32 Å². The van der Waals surface area contributed by atoms with Crippen molar-refractivity contribution >= 4 is 11.7 Å². The lowest BCUT2D eigenvalue weighted by Gasteiger charge is -2.07. The second-order valence-electron chi connectivity index (χ2n) is 3.91. The summed E-state index contributed by atoms with van der Waals surface area (Å²) in [6.45, 7) is 0.573. The van der Waals surface area contributed by atoms with Crippen LogP contribution < -0.4 is 5.32 Å². The van der Waals surface area contributed by atoms with Gasteiger partial charge in [0.1, 0.15) is 5.75 Å². The van der Waals surface area contributed by atoms with Crippen molar-refractivity contribution in [2.45, 2.75) is 6.54 Å². The topological polar surface area (TPSA) is 69.6 Å². The molecule has 0 radical (unpaired) electrons. The number of hydrogen-bond acceptors (Lipinski definition) is 3.